The molecule has 2 nitrogen and oxygen atoms in total. The normalized spacial score (nSPS) is 11.3. The lowest BCUT2D eigenvalue weighted by molar-refractivity contribution is 0.542. The number of aryl methyl sites for hydroxylation is 1. The van der Waals surface area contributed by atoms with Crippen molar-refractivity contribution in [3.8, 4) is 0 Å². The SMILES string of the molecule is CCCCCCCCCCn1c(Cc2ccc(Cl)cc2)nc2ccccc21. The van der Waals surface area contributed by atoms with Gasteiger partial charge >= 0.3 is 0 Å². The highest BCUT2D eigenvalue weighted by atomic mass is 35.5. The van der Waals surface area contributed by atoms with Crippen LogP contribution in [0, 0.1) is 0 Å². The maximum absolute atomic E-state index is 6.03. The number of nitrogens with zero attached hydrogens (tertiary/aromatic N) is 2. The minimum absolute atomic E-state index is 0.784. The first kappa shape index (κ1) is 19.9. The Hall–Kier alpha value is -1.80. The van der Waals surface area contributed by atoms with Gasteiger partial charge in [-0.15, -0.1) is 0 Å². The number of aromatic nitrogens is 2. The number of benzene rings is 2. The minimum atomic E-state index is 0.784. The van der Waals surface area contributed by atoms with E-state index in [1.165, 1.54) is 62.4 Å². The summed E-state index contributed by atoms with van der Waals surface area (Å²) in [7, 11) is 0. The number of unbranched alkanes of at least 4 members (excludes halogenated alkanes) is 7. The molecule has 0 saturated carbocycles. The topological polar surface area (TPSA) is 17.8 Å². The molecule has 0 fully saturated rings. The van der Waals surface area contributed by atoms with Gasteiger partial charge in [-0.1, -0.05) is 87.7 Å². The van der Waals surface area contributed by atoms with Crippen LogP contribution in [0.5, 0.6) is 0 Å². The lowest BCUT2D eigenvalue weighted by atomic mass is 10.1. The number of hydrogen-bond donors (Lipinski definition) is 0. The van der Waals surface area contributed by atoms with E-state index in [0.29, 0.717) is 0 Å². The predicted molar refractivity (Wildman–Crippen MR) is 117 cm³/mol. The monoisotopic (exact) mass is 382 g/mol. The Labute approximate surface area is 168 Å². The van der Waals surface area contributed by atoms with E-state index in [2.05, 4.69) is 47.9 Å². The highest BCUT2D eigenvalue weighted by molar-refractivity contribution is 6.30. The van der Waals surface area contributed by atoms with E-state index in [4.69, 9.17) is 16.6 Å². The fourth-order valence-corrected chi connectivity index (χ4v) is 3.82. The Bertz CT molecular complexity index is 820. The fourth-order valence-electron chi connectivity index (χ4n) is 3.70. The van der Waals surface area contributed by atoms with Crippen LogP contribution >= 0.6 is 11.6 Å². The summed E-state index contributed by atoms with van der Waals surface area (Å²) in [4.78, 5) is 4.91. The van der Waals surface area contributed by atoms with Crippen LogP contribution in [0.4, 0.5) is 0 Å². The molecule has 0 N–H and O–H groups in total. The summed E-state index contributed by atoms with van der Waals surface area (Å²) in [6, 6.07) is 16.6. The standard InChI is InChI=1S/C24H31ClN2/c1-2-3-4-5-6-7-8-11-18-27-23-13-10-9-12-22(23)26-24(27)19-20-14-16-21(25)17-15-20/h9-10,12-17H,2-8,11,18-19H2,1H3. The van der Waals surface area contributed by atoms with Gasteiger partial charge in [-0.2, -0.15) is 0 Å². The lowest BCUT2D eigenvalue weighted by Gasteiger charge is -2.10. The number of rotatable bonds is 11. The molecule has 27 heavy (non-hydrogen) atoms. The van der Waals surface area contributed by atoms with Crippen LogP contribution in [0.2, 0.25) is 5.02 Å². The summed E-state index contributed by atoms with van der Waals surface area (Å²) in [6.07, 6.45) is 11.6. The number of fused-ring (bicyclic) bond motifs is 1. The van der Waals surface area contributed by atoms with E-state index in [1.54, 1.807) is 0 Å². The van der Waals surface area contributed by atoms with E-state index in [-0.39, 0.29) is 0 Å². The van der Waals surface area contributed by atoms with E-state index < -0.39 is 0 Å². The molecule has 3 heteroatoms. The smallest absolute Gasteiger partial charge is 0.114 e. The molecule has 0 saturated heterocycles. The van der Waals surface area contributed by atoms with Crippen molar-refractivity contribution in [2.75, 3.05) is 0 Å². The Balaban J connectivity index is 1.61. The average Bonchev–Trinajstić information content (AvgIpc) is 3.03. The van der Waals surface area contributed by atoms with Gasteiger partial charge in [-0.25, -0.2) is 4.98 Å². The van der Waals surface area contributed by atoms with Gasteiger partial charge in [-0.05, 0) is 36.2 Å². The maximum Gasteiger partial charge on any atom is 0.114 e. The van der Waals surface area contributed by atoms with Gasteiger partial charge in [0.2, 0.25) is 0 Å². The number of halogens is 1. The maximum atomic E-state index is 6.03. The fraction of sp³-hybridized carbons (Fsp3) is 0.458. The zero-order chi connectivity index (χ0) is 18.9. The molecule has 0 atom stereocenters. The summed E-state index contributed by atoms with van der Waals surface area (Å²) >= 11 is 6.03. The third kappa shape index (κ3) is 5.84. The third-order valence-corrected chi connectivity index (χ3v) is 5.50. The number of imidazole rings is 1. The largest absolute Gasteiger partial charge is 0.328 e. The quantitative estimate of drug-likeness (QED) is 0.315. The molecule has 0 aliphatic carbocycles. The highest BCUT2D eigenvalue weighted by Crippen LogP contribution is 2.21. The third-order valence-electron chi connectivity index (χ3n) is 5.24. The number of hydrogen-bond acceptors (Lipinski definition) is 1. The van der Waals surface area contributed by atoms with Gasteiger partial charge in [-0.3, -0.25) is 0 Å². The molecule has 1 aromatic heterocycles. The summed E-state index contributed by atoms with van der Waals surface area (Å²) in [5.74, 6) is 1.15. The van der Waals surface area contributed by atoms with Crippen LogP contribution in [0.15, 0.2) is 48.5 Å². The van der Waals surface area contributed by atoms with Gasteiger partial charge in [0.1, 0.15) is 5.82 Å². The molecule has 3 rings (SSSR count). The van der Waals surface area contributed by atoms with Crippen molar-refractivity contribution in [3.63, 3.8) is 0 Å². The summed E-state index contributed by atoms with van der Waals surface area (Å²) in [5, 5.41) is 0.784. The van der Waals surface area contributed by atoms with Crippen molar-refractivity contribution in [2.45, 2.75) is 71.3 Å². The van der Waals surface area contributed by atoms with Gasteiger partial charge in [0.15, 0.2) is 0 Å². The molecular formula is C24H31ClN2. The van der Waals surface area contributed by atoms with Crippen molar-refractivity contribution < 1.29 is 0 Å². The van der Waals surface area contributed by atoms with Crippen molar-refractivity contribution in [2.24, 2.45) is 0 Å². The van der Waals surface area contributed by atoms with Crippen molar-refractivity contribution >= 4 is 22.6 Å². The summed E-state index contributed by atoms with van der Waals surface area (Å²) in [6.45, 7) is 3.33. The molecule has 2 aromatic carbocycles. The average molecular weight is 383 g/mol. The van der Waals surface area contributed by atoms with E-state index in [1.807, 2.05) is 12.1 Å². The van der Waals surface area contributed by atoms with Crippen LogP contribution in [0.1, 0.15) is 69.7 Å². The first-order chi connectivity index (χ1) is 13.3. The van der Waals surface area contributed by atoms with Crippen molar-refractivity contribution in [3.05, 3.63) is 64.9 Å². The first-order valence-corrected chi connectivity index (χ1v) is 10.8. The van der Waals surface area contributed by atoms with Gasteiger partial charge in [0.05, 0.1) is 11.0 Å². The highest BCUT2D eigenvalue weighted by Gasteiger charge is 2.11. The molecule has 0 bridgehead atoms. The van der Waals surface area contributed by atoms with Crippen LogP contribution in [0.25, 0.3) is 11.0 Å². The first-order valence-electron chi connectivity index (χ1n) is 10.5. The Morgan fingerprint density at radius 3 is 2.22 bits per heavy atom. The lowest BCUT2D eigenvalue weighted by Crippen LogP contribution is -2.05. The number of para-hydroxylation sites is 2. The molecule has 3 aromatic rings. The second-order valence-electron chi connectivity index (χ2n) is 7.45. The Morgan fingerprint density at radius 2 is 1.48 bits per heavy atom. The molecule has 0 aliphatic rings. The zero-order valence-corrected chi connectivity index (χ0v) is 17.2. The van der Waals surface area contributed by atoms with Gasteiger partial charge < -0.3 is 4.57 Å². The Kier molecular flexibility index (Phi) is 7.77. The molecular weight excluding hydrogens is 352 g/mol. The van der Waals surface area contributed by atoms with Crippen molar-refractivity contribution in [1.82, 2.24) is 9.55 Å². The van der Waals surface area contributed by atoms with E-state index >= 15 is 0 Å². The molecule has 0 unspecified atom stereocenters. The second kappa shape index (κ2) is 10.5. The molecule has 0 amide bonds. The summed E-state index contributed by atoms with van der Waals surface area (Å²) in [5.41, 5.74) is 3.61. The second-order valence-corrected chi connectivity index (χ2v) is 7.88. The van der Waals surface area contributed by atoms with Crippen LogP contribution in [-0.4, -0.2) is 9.55 Å². The van der Waals surface area contributed by atoms with E-state index in [0.717, 1.165) is 29.3 Å². The molecule has 1 heterocycles. The Morgan fingerprint density at radius 1 is 0.815 bits per heavy atom. The molecule has 0 aliphatic heterocycles. The zero-order valence-electron chi connectivity index (χ0n) is 16.5. The van der Waals surface area contributed by atoms with Crippen LogP contribution < -0.4 is 0 Å². The van der Waals surface area contributed by atoms with E-state index in [9.17, 15) is 0 Å². The molecule has 144 valence electrons. The van der Waals surface area contributed by atoms with Gasteiger partial charge in [0, 0.05) is 18.0 Å². The molecule has 0 spiro atoms. The minimum Gasteiger partial charge on any atom is -0.328 e. The predicted octanol–water partition coefficient (Wildman–Crippen LogP) is 7.42. The summed E-state index contributed by atoms with van der Waals surface area (Å²) < 4.78 is 2.42. The molecule has 0 radical (unpaired) electrons. The van der Waals surface area contributed by atoms with Gasteiger partial charge in [0.25, 0.3) is 0 Å². The van der Waals surface area contributed by atoms with Crippen molar-refractivity contribution in [1.29, 1.82) is 0 Å². The van der Waals surface area contributed by atoms with Crippen LogP contribution in [-0.2, 0) is 13.0 Å². The van der Waals surface area contributed by atoms with Crippen LogP contribution in [0.3, 0.4) is 0 Å².